The molecule has 0 aliphatic heterocycles. The first-order valence-corrected chi connectivity index (χ1v) is 7.52. The number of anilines is 3. The summed E-state index contributed by atoms with van der Waals surface area (Å²) < 4.78 is 39.9. The highest BCUT2D eigenvalue weighted by Crippen LogP contribution is 2.21. The van der Waals surface area contributed by atoms with Crippen LogP contribution in [0.1, 0.15) is 16.1 Å². The summed E-state index contributed by atoms with van der Waals surface area (Å²) in [6, 6.07) is 11.5. The molecular weight excluding hydrogens is 359 g/mol. The first-order chi connectivity index (χ1) is 13.0. The Morgan fingerprint density at radius 3 is 2.56 bits per heavy atom. The largest absolute Gasteiger partial charge is 0.339 e. The Labute approximate surface area is 151 Å². The second-order valence-electron chi connectivity index (χ2n) is 5.25. The molecule has 0 fully saturated rings. The highest BCUT2D eigenvalue weighted by Gasteiger charge is 2.17. The van der Waals surface area contributed by atoms with E-state index in [0.717, 1.165) is 12.4 Å². The van der Waals surface area contributed by atoms with Gasteiger partial charge in [0.1, 0.15) is 23.9 Å². The van der Waals surface area contributed by atoms with Gasteiger partial charge in [0.2, 0.25) is 0 Å². The van der Waals surface area contributed by atoms with Crippen LogP contribution in [0.15, 0.2) is 48.8 Å². The fourth-order valence-corrected chi connectivity index (χ4v) is 2.19. The standard InChI is InChI=1S/C18H10F3N5O/c19-11-5-6-13(17(21)16(11)20)26-18(27)14-7-15(24-9-23-14)25-12-4-2-1-3-10(12)8-22/h1-7,9H,(H,26,27)(H,23,24,25). The summed E-state index contributed by atoms with van der Waals surface area (Å²) in [5, 5.41) is 14.1. The molecule has 9 heteroatoms. The van der Waals surface area contributed by atoms with Crippen LogP contribution in [0, 0.1) is 28.8 Å². The molecular formula is C18H10F3N5O. The van der Waals surface area contributed by atoms with Gasteiger partial charge in [-0.3, -0.25) is 4.79 Å². The fraction of sp³-hybridized carbons (Fsp3) is 0. The fourth-order valence-electron chi connectivity index (χ4n) is 2.19. The Morgan fingerprint density at radius 2 is 1.78 bits per heavy atom. The number of amides is 1. The molecule has 2 N–H and O–H groups in total. The molecule has 0 saturated carbocycles. The zero-order valence-corrected chi connectivity index (χ0v) is 13.5. The molecule has 2 aromatic carbocycles. The van der Waals surface area contributed by atoms with Gasteiger partial charge in [-0.05, 0) is 24.3 Å². The van der Waals surface area contributed by atoms with Gasteiger partial charge in [0, 0.05) is 6.07 Å². The van der Waals surface area contributed by atoms with Gasteiger partial charge in [0.05, 0.1) is 16.9 Å². The molecule has 0 saturated heterocycles. The maximum Gasteiger partial charge on any atom is 0.274 e. The summed E-state index contributed by atoms with van der Waals surface area (Å²) in [4.78, 5) is 19.9. The van der Waals surface area contributed by atoms with Gasteiger partial charge in [0.25, 0.3) is 5.91 Å². The normalized spacial score (nSPS) is 10.1. The number of nitrogens with zero attached hydrogens (tertiary/aromatic N) is 3. The molecule has 0 radical (unpaired) electrons. The van der Waals surface area contributed by atoms with E-state index in [4.69, 9.17) is 5.26 Å². The average molecular weight is 369 g/mol. The van der Waals surface area contributed by atoms with E-state index in [2.05, 4.69) is 20.6 Å². The highest BCUT2D eigenvalue weighted by molar-refractivity contribution is 6.03. The van der Waals surface area contributed by atoms with Crippen molar-refractivity contribution in [1.82, 2.24) is 9.97 Å². The number of aromatic nitrogens is 2. The van der Waals surface area contributed by atoms with Gasteiger partial charge in [-0.15, -0.1) is 0 Å². The molecule has 3 aromatic rings. The van der Waals surface area contributed by atoms with Gasteiger partial charge in [0.15, 0.2) is 17.5 Å². The van der Waals surface area contributed by atoms with E-state index in [1.807, 2.05) is 6.07 Å². The van der Waals surface area contributed by atoms with Crippen LogP contribution in [0.4, 0.5) is 30.4 Å². The zero-order valence-electron chi connectivity index (χ0n) is 13.5. The summed E-state index contributed by atoms with van der Waals surface area (Å²) in [6.07, 6.45) is 1.09. The maximum absolute atomic E-state index is 13.7. The number of benzene rings is 2. The van der Waals surface area contributed by atoms with Crippen LogP contribution >= 0.6 is 0 Å². The number of nitriles is 1. The molecule has 1 heterocycles. The van der Waals surface area contributed by atoms with Crippen LogP contribution in [0.3, 0.4) is 0 Å². The molecule has 134 valence electrons. The quantitative estimate of drug-likeness (QED) is 0.684. The van der Waals surface area contributed by atoms with Crippen LogP contribution in [-0.4, -0.2) is 15.9 Å². The maximum atomic E-state index is 13.7. The monoisotopic (exact) mass is 369 g/mol. The first kappa shape index (κ1) is 17.9. The number of halogens is 3. The molecule has 0 bridgehead atoms. The molecule has 0 spiro atoms. The van der Waals surface area contributed by atoms with Crippen molar-refractivity contribution in [3.8, 4) is 6.07 Å². The number of hydrogen-bond donors (Lipinski definition) is 2. The smallest absolute Gasteiger partial charge is 0.274 e. The van der Waals surface area contributed by atoms with Gasteiger partial charge in [-0.2, -0.15) is 5.26 Å². The van der Waals surface area contributed by atoms with Crippen LogP contribution in [0.2, 0.25) is 0 Å². The van der Waals surface area contributed by atoms with Crippen molar-refractivity contribution in [2.24, 2.45) is 0 Å². The van der Waals surface area contributed by atoms with Gasteiger partial charge < -0.3 is 10.6 Å². The molecule has 1 aromatic heterocycles. The molecule has 3 rings (SSSR count). The molecule has 6 nitrogen and oxygen atoms in total. The zero-order chi connectivity index (χ0) is 19.4. The Bertz CT molecular complexity index is 1070. The number of carbonyl (C=O) groups is 1. The van der Waals surface area contributed by atoms with Crippen LogP contribution < -0.4 is 10.6 Å². The molecule has 0 unspecified atom stereocenters. The summed E-state index contributed by atoms with van der Waals surface area (Å²) >= 11 is 0. The van der Waals surface area contributed by atoms with Gasteiger partial charge >= 0.3 is 0 Å². The summed E-state index contributed by atoms with van der Waals surface area (Å²) in [7, 11) is 0. The Hall–Kier alpha value is -3.93. The van der Waals surface area contributed by atoms with E-state index in [1.165, 1.54) is 6.07 Å². The lowest BCUT2D eigenvalue weighted by Gasteiger charge is -2.09. The van der Waals surface area contributed by atoms with Crippen molar-refractivity contribution in [2.75, 3.05) is 10.6 Å². The third kappa shape index (κ3) is 3.85. The Balaban J connectivity index is 1.82. The number of para-hydroxylation sites is 1. The number of nitrogens with one attached hydrogen (secondary N) is 2. The van der Waals surface area contributed by atoms with Crippen LogP contribution in [0.5, 0.6) is 0 Å². The molecule has 0 aliphatic carbocycles. The first-order valence-electron chi connectivity index (χ1n) is 7.52. The molecule has 0 atom stereocenters. The lowest BCUT2D eigenvalue weighted by molar-refractivity contribution is 0.102. The van der Waals surface area contributed by atoms with Crippen molar-refractivity contribution in [1.29, 1.82) is 5.26 Å². The number of carbonyl (C=O) groups excluding carboxylic acids is 1. The minimum absolute atomic E-state index is 0.147. The van der Waals surface area contributed by atoms with Crippen LogP contribution in [0.25, 0.3) is 0 Å². The minimum atomic E-state index is -1.69. The van der Waals surface area contributed by atoms with Crippen molar-refractivity contribution >= 4 is 23.1 Å². The van der Waals surface area contributed by atoms with Gasteiger partial charge in [-0.1, -0.05) is 12.1 Å². The predicted octanol–water partition coefficient (Wildman–Crippen LogP) is 3.76. The summed E-state index contributed by atoms with van der Waals surface area (Å²) in [5.41, 5.74) is 0.163. The molecule has 0 aliphatic rings. The SMILES string of the molecule is N#Cc1ccccc1Nc1cc(C(=O)Nc2ccc(F)c(F)c2F)ncn1. The third-order valence-corrected chi connectivity index (χ3v) is 3.49. The Morgan fingerprint density at radius 1 is 1.00 bits per heavy atom. The van der Waals surface area contributed by atoms with E-state index in [0.29, 0.717) is 17.3 Å². The second kappa shape index (κ2) is 7.53. The van der Waals surface area contributed by atoms with Crippen LogP contribution in [-0.2, 0) is 0 Å². The lowest BCUT2D eigenvalue weighted by atomic mass is 10.2. The lowest BCUT2D eigenvalue weighted by Crippen LogP contribution is -2.16. The van der Waals surface area contributed by atoms with E-state index in [9.17, 15) is 18.0 Å². The number of rotatable bonds is 4. The number of hydrogen-bond acceptors (Lipinski definition) is 5. The minimum Gasteiger partial charge on any atom is -0.339 e. The van der Waals surface area contributed by atoms with E-state index in [1.54, 1.807) is 24.3 Å². The van der Waals surface area contributed by atoms with Gasteiger partial charge in [-0.25, -0.2) is 23.1 Å². The highest BCUT2D eigenvalue weighted by atomic mass is 19.2. The van der Waals surface area contributed by atoms with Crippen molar-refractivity contribution in [3.63, 3.8) is 0 Å². The second-order valence-corrected chi connectivity index (χ2v) is 5.25. The molecule has 1 amide bonds. The van der Waals surface area contributed by atoms with Crippen molar-refractivity contribution in [3.05, 3.63) is 77.5 Å². The van der Waals surface area contributed by atoms with E-state index in [-0.39, 0.29) is 11.5 Å². The third-order valence-electron chi connectivity index (χ3n) is 3.49. The average Bonchev–Trinajstić information content (AvgIpc) is 2.69. The van der Waals surface area contributed by atoms with Crippen molar-refractivity contribution < 1.29 is 18.0 Å². The summed E-state index contributed by atoms with van der Waals surface area (Å²) in [6.45, 7) is 0. The van der Waals surface area contributed by atoms with E-state index < -0.39 is 29.0 Å². The predicted molar refractivity (Wildman–Crippen MR) is 90.7 cm³/mol. The van der Waals surface area contributed by atoms with Crippen molar-refractivity contribution in [2.45, 2.75) is 0 Å². The Kier molecular flexibility index (Phi) is 4.99. The summed E-state index contributed by atoms with van der Waals surface area (Å²) in [5.74, 6) is -5.21. The molecule has 27 heavy (non-hydrogen) atoms. The van der Waals surface area contributed by atoms with E-state index >= 15 is 0 Å². The topological polar surface area (TPSA) is 90.7 Å².